The fourth-order valence-corrected chi connectivity index (χ4v) is 5.34. The third kappa shape index (κ3) is 3.08. The summed E-state index contributed by atoms with van der Waals surface area (Å²) in [6, 6.07) is 3.75. The molecule has 158 valence electrons. The Morgan fingerprint density at radius 2 is 2.00 bits per heavy atom. The molecule has 0 aliphatic carbocycles. The molecule has 1 saturated heterocycles. The van der Waals surface area contributed by atoms with Gasteiger partial charge in [0.15, 0.2) is 5.82 Å². The van der Waals surface area contributed by atoms with Crippen LogP contribution in [-0.2, 0) is 11.2 Å². The van der Waals surface area contributed by atoms with Crippen molar-refractivity contribution in [2.75, 3.05) is 18.5 Å². The van der Waals surface area contributed by atoms with E-state index in [2.05, 4.69) is 33.7 Å². The molecule has 5 rings (SSSR count). The zero-order valence-electron chi connectivity index (χ0n) is 17.6. The van der Waals surface area contributed by atoms with Gasteiger partial charge < -0.3 is 14.6 Å². The average molecular weight is 429 g/mol. The minimum Gasteiger partial charge on any atom is -0.381 e. The van der Waals surface area contributed by atoms with Crippen LogP contribution in [-0.4, -0.2) is 33.3 Å². The maximum atomic E-state index is 15.1. The quantitative estimate of drug-likeness (QED) is 0.569. The lowest BCUT2D eigenvalue weighted by atomic mass is 9.80. The molecule has 2 aliphatic heterocycles. The van der Waals surface area contributed by atoms with E-state index in [9.17, 15) is 0 Å². The molecule has 0 radical (unpaired) electrons. The number of ether oxygens (including phenoxy) is 1. The number of aryl methyl sites for hydroxylation is 1. The molecule has 2 aliphatic rings. The van der Waals surface area contributed by atoms with E-state index in [0.717, 1.165) is 72.7 Å². The minimum absolute atomic E-state index is 0.0337. The zero-order valence-corrected chi connectivity index (χ0v) is 18.3. The highest BCUT2D eigenvalue weighted by atomic mass is 35.5. The number of imidazole rings is 1. The molecule has 1 aromatic carbocycles. The summed E-state index contributed by atoms with van der Waals surface area (Å²) in [5, 5.41) is 4.22. The largest absolute Gasteiger partial charge is 0.381 e. The number of aromatic nitrogens is 3. The monoisotopic (exact) mass is 428 g/mol. The van der Waals surface area contributed by atoms with Gasteiger partial charge in [-0.05, 0) is 64.2 Å². The van der Waals surface area contributed by atoms with Gasteiger partial charge in [0, 0.05) is 42.1 Å². The molecule has 1 fully saturated rings. The van der Waals surface area contributed by atoms with Gasteiger partial charge in [-0.15, -0.1) is 0 Å². The summed E-state index contributed by atoms with van der Waals surface area (Å²) in [7, 11) is 0. The molecule has 3 aromatic rings. The second kappa shape index (κ2) is 7.20. The van der Waals surface area contributed by atoms with Gasteiger partial charge in [-0.25, -0.2) is 14.4 Å². The van der Waals surface area contributed by atoms with Gasteiger partial charge in [0.25, 0.3) is 0 Å². The molecule has 0 amide bonds. The molecule has 0 bridgehead atoms. The van der Waals surface area contributed by atoms with Gasteiger partial charge in [0.05, 0.1) is 10.5 Å². The highest BCUT2D eigenvalue weighted by Gasteiger charge is 2.37. The Morgan fingerprint density at radius 3 is 2.73 bits per heavy atom. The Labute approximate surface area is 180 Å². The Hall–Kier alpha value is -2.18. The molecule has 1 spiro atoms. The molecule has 1 N–H and O–H groups in total. The first-order chi connectivity index (χ1) is 14.4. The van der Waals surface area contributed by atoms with E-state index in [0.29, 0.717) is 10.5 Å². The van der Waals surface area contributed by atoms with E-state index in [4.69, 9.17) is 16.3 Å². The summed E-state index contributed by atoms with van der Waals surface area (Å²) in [6.07, 6.45) is 5.46. The van der Waals surface area contributed by atoms with Gasteiger partial charge in [-0.3, -0.25) is 0 Å². The van der Waals surface area contributed by atoms with Gasteiger partial charge in [0.2, 0.25) is 0 Å². The van der Waals surface area contributed by atoms with Crippen molar-refractivity contribution in [2.24, 2.45) is 0 Å². The fraction of sp³-hybridized carbons (Fsp3) is 0.478. The number of rotatable bonds is 2. The lowest BCUT2D eigenvalue weighted by Crippen LogP contribution is -2.46. The van der Waals surface area contributed by atoms with Crippen LogP contribution in [0.4, 0.5) is 10.2 Å². The van der Waals surface area contributed by atoms with Gasteiger partial charge in [0.1, 0.15) is 17.2 Å². The second-order valence-electron chi connectivity index (χ2n) is 8.77. The minimum atomic E-state index is -0.323. The van der Waals surface area contributed by atoms with Crippen LogP contribution in [0.1, 0.15) is 50.5 Å². The van der Waals surface area contributed by atoms with Crippen LogP contribution in [0.2, 0.25) is 5.02 Å². The van der Waals surface area contributed by atoms with Crippen molar-refractivity contribution in [1.82, 2.24) is 14.5 Å². The van der Waals surface area contributed by atoms with E-state index in [1.807, 2.05) is 13.0 Å². The van der Waals surface area contributed by atoms with Crippen molar-refractivity contribution in [2.45, 2.75) is 58.0 Å². The number of pyridine rings is 1. The summed E-state index contributed by atoms with van der Waals surface area (Å²) >= 11 is 6.63. The summed E-state index contributed by atoms with van der Waals surface area (Å²) < 4.78 is 22.7. The van der Waals surface area contributed by atoms with Crippen molar-refractivity contribution in [1.29, 1.82) is 0 Å². The van der Waals surface area contributed by atoms with Crippen molar-refractivity contribution in [3.63, 3.8) is 0 Å². The predicted octanol–water partition coefficient (Wildman–Crippen LogP) is 5.69. The third-order valence-electron chi connectivity index (χ3n) is 6.55. The van der Waals surface area contributed by atoms with Crippen molar-refractivity contribution < 1.29 is 9.13 Å². The summed E-state index contributed by atoms with van der Waals surface area (Å²) in [6.45, 7) is 7.61. The average Bonchev–Trinajstić information content (AvgIpc) is 3.05. The van der Waals surface area contributed by atoms with Crippen LogP contribution in [0.5, 0.6) is 0 Å². The molecule has 7 heteroatoms. The number of hydrogen-bond donors (Lipinski definition) is 1. The van der Waals surface area contributed by atoms with Gasteiger partial charge in [-0.1, -0.05) is 11.6 Å². The summed E-state index contributed by atoms with van der Waals surface area (Å²) in [4.78, 5) is 9.05. The highest BCUT2D eigenvalue weighted by Crippen LogP contribution is 2.43. The number of hydrogen-bond acceptors (Lipinski definition) is 4. The van der Waals surface area contributed by atoms with Gasteiger partial charge in [-0.2, -0.15) is 0 Å². The highest BCUT2D eigenvalue weighted by molar-refractivity contribution is 6.33. The normalized spacial score (nSPS) is 18.1. The Bertz CT molecular complexity index is 1130. The smallest absolute Gasteiger partial charge is 0.151 e. The first-order valence-corrected chi connectivity index (χ1v) is 11.0. The van der Waals surface area contributed by atoms with E-state index in [-0.39, 0.29) is 17.4 Å². The zero-order chi connectivity index (χ0) is 21.0. The molecular formula is C23H26ClFN4O. The molecule has 5 nitrogen and oxygen atoms in total. The fourth-order valence-electron chi connectivity index (χ4n) is 5.07. The SMILES string of the molecule is Cc1nc2c(F)cc(-c3c(Cl)cnc4c3CCC3(CCOCC3)N4)cc2n1C(C)C. The first kappa shape index (κ1) is 19.8. The van der Waals surface area contributed by atoms with E-state index >= 15 is 4.39 Å². The van der Waals surface area contributed by atoms with E-state index in [1.165, 1.54) is 0 Å². The van der Waals surface area contributed by atoms with Crippen LogP contribution >= 0.6 is 11.6 Å². The van der Waals surface area contributed by atoms with Crippen molar-refractivity contribution >= 4 is 28.5 Å². The molecule has 0 unspecified atom stereocenters. The van der Waals surface area contributed by atoms with Gasteiger partial charge >= 0.3 is 0 Å². The first-order valence-electron chi connectivity index (χ1n) is 10.6. The standard InChI is InChI=1S/C23H26ClFN4O/c1-13(2)29-14(3)27-21-18(25)10-15(11-19(21)29)20-16-4-5-23(6-8-30-9-7-23)28-22(16)26-12-17(20)24/h10-13H,4-9H2,1-3H3,(H,26,28). The lowest BCUT2D eigenvalue weighted by molar-refractivity contribution is 0.0562. The Balaban J connectivity index is 1.66. The number of nitrogens with zero attached hydrogens (tertiary/aromatic N) is 3. The molecule has 4 heterocycles. The number of nitrogens with one attached hydrogen (secondary N) is 1. The van der Waals surface area contributed by atoms with Crippen LogP contribution in [0.3, 0.4) is 0 Å². The maximum absolute atomic E-state index is 15.1. The molecule has 30 heavy (non-hydrogen) atoms. The van der Waals surface area contributed by atoms with Crippen LogP contribution < -0.4 is 5.32 Å². The van der Waals surface area contributed by atoms with E-state index < -0.39 is 0 Å². The van der Waals surface area contributed by atoms with Crippen molar-refractivity contribution in [3.05, 3.63) is 40.6 Å². The number of benzene rings is 1. The maximum Gasteiger partial charge on any atom is 0.151 e. The van der Waals surface area contributed by atoms with Crippen LogP contribution in [0.15, 0.2) is 18.3 Å². The molecule has 2 aromatic heterocycles. The lowest BCUT2D eigenvalue weighted by Gasteiger charge is -2.42. The third-order valence-corrected chi connectivity index (χ3v) is 6.84. The second-order valence-corrected chi connectivity index (χ2v) is 9.18. The summed E-state index contributed by atoms with van der Waals surface area (Å²) in [5.41, 5.74) is 3.94. The van der Waals surface area contributed by atoms with Crippen molar-refractivity contribution in [3.8, 4) is 11.1 Å². The molecule has 0 saturated carbocycles. The van der Waals surface area contributed by atoms with E-state index in [1.54, 1.807) is 12.3 Å². The number of halogens is 2. The molecule has 0 atom stereocenters. The van der Waals surface area contributed by atoms with Crippen LogP contribution in [0, 0.1) is 12.7 Å². The molecular weight excluding hydrogens is 403 g/mol. The Kier molecular flexibility index (Phi) is 4.75. The Morgan fingerprint density at radius 1 is 1.23 bits per heavy atom. The topological polar surface area (TPSA) is 52.0 Å². The summed E-state index contributed by atoms with van der Waals surface area (Å²) in [5.74, 6) is 1.34. The van der Waals surface area contributed by atoms with Crippen LogP contribution in [0.25, 0.3) is 22.2 Å². The number of fused-ring (bicyclic) bond motifs is 2. The predicted molar refractivity (Wildman–Crippen MR) is 118 cm³/mol. The number of anilines is 1.